The monoisotopic (exact) mass is 236 g/mol. The second-order valence-electron chi connectivity index (χ2n) is 3.59. The summed E-state index contributed by atoms with van der Waals surface area (Å²) >= 11 is 0. The van der Waals surface area contributed by atoms with E-state index in [0.717, 1.165) is 18.2 Å². The molecule has 0 radical (unpaired) electrons. The molecule has 1 heterocycles. The van der Waals surface area contributed by atoms with E-state index in [1.807, 2.05) is 0 Å². The van der Waals surface area contributed by atoms with Crippen LogP contribution >= 0.6 is 0 Å². The predicted octanol–water partition coefficient (Wildman–Crippen LogP) is 2.22. The molecule has 2 aromatic rings. The molecule has 0 atom stereocenters. The molecule has 0 bridgehead atoms. The van der Waals surface area contributed by atoms with Gasteiger partial charge in [0.2, 0.25) is 0 Å². The van der Waals surface area contributed by atoms with Crippen LogP contribution in [0.15, 0.2) is 24.3 Å². The molecular formula is C12H10F2N2O. The molecule has 5 heteroatoms. The third-order valence-corrected chi connectivity index (χ3v) is 2.25. The molecule has 0 aliphatic rings. The molecule has 1 aromatic heterocycles. The lowest BCUT2D eigenvalue weighted by atomic mass is 10.1. The Kier molecular flexibility index (Phi) is 3.10. The number of hydrogen-bond donors (Lipinski definition) is 1. The predicted molar refractivity (Wildman–Crippen MR) is 58.0 cm³/mol. The van der Waals surface area contributed by atoms with Crippen LogP contribution in [0.4, 0.5) is 8.78 Å². The van der Waals surface area contributed by atoms with Crippen LogP contribution in [0.5, 0.6) is 0 Å². The van der Waals surface area contributed by atoms with Crippen molar-refractivity contribution in [2.24, 2.45) is 0 Å². The summed E-state index contributed by atoms with van der Waals surface area (Å²) in [7, 11) is 0. The molecule has 0 amide bonds. The summed E-state index contributed by atoms with van der Waals surface area (Å²) in [5.74, 6) is -0.916. The first-order valence-corrected chi connectivity index (χ1v) is 5.01. The van der Waals surface area contributed by atoms with Crippen molar-refractivity contribution >= 4 is 0 Å². The fourth-order valence-corrected chi connectivity index (χ4v) is 1.53. The van der Waals surface area contributed by atoms with E-state index in [1.165, 1.54) is 6.07 Å². The fraction of sp³-hybridized carbons (Fsp3) is 0.167. The number of benzene rings is 1. The number of aliphatic hydroxyl groups is 1. The van der Waals surface area contributed by atoms with Crippen molar-refractivity contribution in [3.8, 4) is 11.3 Å². The third kappa shape index (κ3) is 2.45. The van der Waals surface area contributed by atoms with Crippen LogP contribution in [0.1, 0.15) is 11.5 Å². The largest absolute Gasteiger partial charge is 0.388 e. The number of hydrogen-bond acceptors (Lipinski definition) is 3. The zero-order chi connectivity index (χ0) is 12.4. The van der Waals surface area contributed by atoms with E-state index in [-0.39, 0.29) is 23.7 Å². The van der Waals surface area contributed by atoms with Crippen molar-refractivity contribution in [1.29, 1.82) is 0 Å². The number of rotatable bonds is 2. The van der Waals surface area contributed by atoms with Gasteiger partial charge >= 0.3 is 0 Å². The van der Waals surface area contributed by atoms with Gasteiger partial charge in [0, 0.05) is 11.3 Å². The lowest BCUT2D eigenvalue weighted by Crippen LogP contribution is -2.00. The number of halogens is 2. The molecule has 1 N–H and O–H groups in total. The van der Waals surface area contributed by atoms with Crippen molar-refractivity contribution in [2.45, 2.75) is 13.5 Å². The van der Waals surface area contributed by atoms with Gasteiger partial charge in [0.05, 0.1) is 5.69 Å². The molecule has 88 valence electrons. The Morgan fingerprint density at radius 1 is 1.18 bits per heavy atom. The first-order valence-electron chi connectivity index (χ1n) is 5.01. The van der Waals surface area contributed by atoms with Gasteiger partial charge < -0.3 is 5.11 Å². The maximum Gasteiger partial charge on any atom is 0.154 e. The zero-order valence-electron chi connectivity index (χ0n) is 9.11. The quantitative estimate of drug-likeness (QED) is 0.869. The summed E-state index contributed by atoms with van der Waals surface area (Å²) < 4.78 is 26.6. The molecule has 0 unspecified atom stereocenters. The molecule has 1 aromatic carbocycles. The summed E-state index contributed by atoms with van der Waals surface area (Å²) in [5, 5.41) is 8.96. The van der Waals surface area contributed by atoms with Gasteiger partial charge in [-0.3, -0.25) is 0 Å². The van der Waals surface area contributed by atoms with Crippen LogP contribution in [0, 0.1) is 18.6 Å². The first kappa shape index (κ1) is 11.6. The molecular weight excluding hydrogens is 226 g/mol. The van der Waals surface area contributed by atoms with Crippen LogP contribution < -0.4 is 0 Å². The summed E-state index contributed by atoms with van der Waals surface area (Å²) in [6, 6.07) is 4.69. The Hall–Kier alpha value is -1.88. The standard InChI is InChI=1S/C12H10F2N2O/c1-7-4-11(16-12(6-17)15-7)9-5-8(13)2-3-10(9)14/h2-5,17H,6H2,1H3. The number of aromatic nitrogens is 2. The van der Waals surface area contributed by atoms with E-state index >= 15 is 0 Å². The van der Waals surface area contributed by atoms with Crippen molar-refractivity contribution < 1.29 is 13.9 Å². The second kappa shape index (κ2) is 4.55. The average molecular weight is 236 g/mol. The minimum Gasteiger partial charge on any atom is -0.388 e. The second-order valence-corrected chi connectivity index (χ2v) is 3.59. The van der Waals surface area contributed by atoms with Crippen molar-refractivity contribution in [2.75, 3.05) is 0 Å². The van der Waals surface area contributed by atoms with E-state index in [9.17, 15) is 8.78 Å². The van der Waals surface area contributed by atoms with Crippen molar-refractivity contribution in [3.63, 3.8) is 0 Å². The molecule has 3 nitrogen and oxygen atoms in total. The number of nitrogens with zero attached hydrogens (tertiary/aromatic N) is 2. The van der Waals surface area contributed by atoms with Gasteiger partial charge in [-0.05, 0) is 31.2 Å². The minimum atomic E-state index is -0.562. The zero-order valence-corrected chi connectivity index (χ0v) is 9.11. The fourth-order valence-electron chi connectivity index (χ4n) is 1.53. The first-order chi connectivity index (χ1) is 8.10. The molecule has 2 rings (SSSR count). The maximum absolute atomic E-state index is 13.5. The topological polar surface area (TPSA) is 46.0 Å². The highest BCUT2D eigenvalue weighted by atomic mass is 19.1. The van der Waals surface area contributed by atoms with Crippen LogP contribution in [-0.2, 0) is 6.61 Å². The van der Waals surface area contributed by atoms with Gasteiger partial charge in [-0.25, -0.2) is 18.7 Å². The van der Waals surface area contributed by atoms with E-state index in [4.69, 9.17) is 5.11 Å². The summed E-state index contributed by atoms with van der Waals surface area (Å²) in [4.78, 5) is 7.91. The van der Waals surface area contributed by atoms with E-state index in [2.05, 4.69) is 9.97 Å². The molecule has 0 fully saturated rings. The highest BCUT2D eigenvalue weighted by molar-refractivity contribution is 5.60. The Bertz CT molecular complexity index is 558. The lowest BCUT2D eigenvalue weighted by molar-refractivity contribution is 0.271. The molecule has 0 saturated heterocycles. The molecule has 0 saturated carbocycles. The Morgan fingerprint density at radius 3 is 2.65 bits per heavy atom. The third-order valence-electron chi connectivity index (χ3n) is 2.25. The summed E-state index contributed by atoms with van der Waals surface area (Å²) in [6.45, 7) is 1.35. The van der Waals surface area contributed by atoms with Crippen molar-refractivity contribution in [1.82, 2.24) is 9.97 Å². The number of aryl methyl sites for hydroxylation is 1. The van der Waals surface area contributed by atoms with E-state index in [1.54, 1.807) is 6.92 Å². The van der Waals surface area contributed by atoms with Gasteiger partial charge in [-0.1, -0.05) is 0 Å². The van der Waals surface area contributed by atoms with Gasteiger partial charge in [0.1, 0.15) is 18.2 Å². The maximum atomic E-state index is 13.5. The van der Waals surface area contributed by atoms with Crippen LogP contribution in [0.3, 0.4) is 0 Å². The van der Waals surface area contributed by atoms with Crippen LogP contribution in [0.2, 0.25) is 0 Å². The summed E-state index contributed by atoms with van der Waals surface area (Å²) in [5.41, 5.74) is 0.909. The normalized spacial score (nSPS) is 10.6. The van der Waals surface area contributed by atoms with Gasteiger partial charge in [0.25, 0.3) is 0 Å². The van der Waals surface area contributed by atoms with Crippen molar-refractivity contribution in [3.05, 3.63) is 47.4 Å². The van der Waals surface area contributed by atoms with Gasteiger partial charge in [-0.15, -0.1) is 0 Å². The molecule has 0 aliphatic heterocycles. The van der Waals surface area contributed by atoms with Crippen LogP contribution in [-0.4, -0.2) is 15.1 Å². The summed E-state index contributed by atoms with van der Waals surface area (Å²) in [6.07, 6.45) is 0. The van der Waals surface area contributed by atoms with E-state index in [0.29, 0.717) is 5.69 Å². The van der Waals surface area contributed by atoms with E-state index < -0.39 is 11.6 Å². The highest BCUT2D eigenvalue weighted by Crippen LogP contribution is 2.22. The lowest BCUT2D eigenvalue weighted by Gasteiger charge is -2.05. The average Bonchev–Trinajstić information content (AvgIpc) is 2.31. The molecule has 17 heavy (non-hydrogen) atoms. The Morgan fingerprint density at radius 2 is 1.94 bits per heavy atom. The Labute approximate surface area is 96.8 Å². The Balaban J connectivity index is 2.59. The molecule has 0 spiro atoms. The number of aliphatic hydroxyl groups excluding tert-OH is 1. The highest BCUT2D eigenvalue weighted by Gasteiger charge is 2.10. The molecule has 0 aliphatic carbocycles. The van der Waals surface area contributed by atoms with Crippen LogP contribution in [0.25, 0.3) is 11.3 Å². The van der Waals surface area contributed by atoms with Gasteiger partial charge in [0.15, 0.2) is 5.82 Å². The smallest absolute Gasteiger partial charge is 0.154 e. The van der Waals surface area contributed by atoms with Gasteiger partial charge in [-0.2, -0.15) is 0 Å². The SMILES string of the molecule is Cc1cc(-c2cc(F)ccc2F)nc(CO)n1. The minimum absolute atomic E-state index is 0.0604.